The van der Waals surface area contributed by atoms with Gasteiger partial charge in [-0.3, -0.25) is 4.79 Å². The van der Waals surface area contributed by atoms with Crippen molar-refractivity contribution in [3.63, 3.8) is 0 Å². The molecule has 1 fully saturated rings. The van der Waals surface area contributed by atoms with Crippen LogP contribution in [0.5, 0.6) is 0 Å². The molecule has 0 bridgehead atoms. The number of hydrogen-bond acceptors (Lipinski definition) is 4. The lowest BCUT2D eigenvalue weighted by atomic mass is 9.84. The van der Waals surface area contributed by atoms with Gasteiger partial charge in [0.25, 0.3) is 0 Å². The summed E-state index contributed by atoms with van der Waals surface area (Å²) in [4.78, 5) is 22.8. The van der Waals surface area contributed by atoms with Crippen molar-refractivity contribution in [3.05, 3.63) is 0 Å². The first-order valence-electron chi connectivity index (χ1n) is 6.12. The summed E-state index contributed by atoms with van der Waals surface area (Å²) in [5.41, 5.74) is -2.56. The number of carboxylic acid groups (broad SMARTS) is 1. The van der Waals surface area contributed by atoms with Crippen molar-refractivity contribution in [3.8, 4) is 0 Å². The molecule has 20 heavy (non-hydrogen) atoms. The van der Waals surface area contributed by atoms with Gasteiger partial charge in [0.2, 0.25) is 0 Å². The van der Waals surface area contributed by atoms with Crippen LogP contribution >= 0.6 is 0 Å². The van der Waals surface area contributed by atoms with E-state index in [0.717, 1.165) is 0 Å². The number of carboxylic acids is 1. The van der Waals surface area contributed by atoms with Gasteiger partial charge in [0, 0.05) is 0 Å². The summed E-state index contributed by atoms with van der Waals surface area (Å²) >= 11 is 0. The van der Waals surface area contributed by atoms with E-state index in [1.807, 2.05) is 0 Å². The van der Waals surface area contributed by atoms with Crippen LogP contribution in [0.2, 0.25) is 0 Å². The molecule has 0 aliphatic carbocycles. The molecular weight excluding hydrogens is 281 g/mol. The van der Waals surface area contributed by atoms with E-state index < -0.39 is 42.3 Å². The van der Waals surface area contributed by atoms with Crippen molar-refractivity contribution in [2.75, 3.05) is 6.61 Å². The second-order valence-corrected chi connectivity index (χ2v) is 5.47. The fourth-order valence-corrected chi connectivity index (χ4v) is 2.23. The molecule has 0 radical (unpaired) electrons. The zero-order valence-electron chi connectivity index (χ0n) is 11.2. The van der Waals surface area contributed by atoms with Crippen LogP contribution in [-0.4, -0.2) is 41.0 Å². The highest BCUT2D eigenvalue weighted by Gasteiger charge is 2.49. The Balaban J connectivity index is 2.73. The van der Waals surface area contributed by atoms with Crippen molar-refractivity contribution in [1.82, 2.24) is 0 Å². The monoisotopic (exact) mass is 298 g/mol. The average molecular weight is 298 g/mol. The molecule has 0 spiro atoms. The lowest BCUT2D eigenvalue weighted by Crippen LogP contribution is -2.52. The Morgan fingerprint density at radius 3 is 2.35 bits per heavy atom. The van der Waals surface area contributed by atoms with Crippen LogP contribution in [0, 0.1) is 0 Å². The maximum atomic E-state index is 11.9. The van der Waals surface area contributed by atoms with Crippen molar-refractivity contribution >= 4 is 11.9 Å². The zero-order chi connectivity index (χ0) is 15.6. The molecule has 1 N–H and O–H groups in total. The Morgan fingerprint density at radius 2 is 1.90 bits per heavy atom. The summed E-state index contributed by atoms with van der Waals surface area (Å²) in [5, 5.41) is 9.24. The van der Waals surface area contributed by atoms with Crippen molar-refractivity contribution in [1.29, 1.82) is 0 Å². The fourth-order valence-electron chi connectivity index (χ4n) is 2.23. The number of carbonyl (C=O) groups is 2. The van der Waals surface area contributed by atoms with Crippen molar-refractivity contribution in [2.24, 2.45) is 0 Å². The van der Waals surface area contributed by atoms with Crippen LogP contribution in [0.1, 0.15) is 39.5 Å². The Morgan fingerprint density at radius 1 is 1.30 bits per heavy atom. The summed E-state index contributed by atoms with van der Waals surface area (Å²) in [6.07, 6.45) is -4.20. The number of esters is 1. The Kier molecular flexibility index (Phi) is 4.68. The number of aliphatic carboxylic acids is 1. The summed E-state index contributed by atoms with van der Waals surface area (Å²) in [6.45, 7) is 1.61. The molecular formula is C12H17F3O5. The third kappa shape index (κ3) is 4.66. The van der Waals surface area contributed by atoms with Gasteiger partial charge in [-0.2, -0.15) is 13.2 Å². The van der Waals surface area contributed by atoms with E-state index in [-0.39, 0.29) is 6.42 Å². The molecule has 1 heterocycles. The van der Waals surface area contributed by atoms with E-state index in [2.05, 4.69) is 4.74 Å². The van der Waals surface area contributed by atoms with Gasteiger partial charge in [-0.1, -0.05) is 0 Å². The summed E-state index contributed by atoms with van der Waals surface area (Å²) in [5.74, 6) is -2.60. The molecule has 1 saturated heterocycles. The minimum Gasteiger partial charge on any atom is -0.479 e. The average Bonchev–Trinajstić information content (AvgIpc) is 2.23. The van der Waals surface area contributed by atoms with E-state index in [1.54, 1.807) is 13.8 Å². The number of halogens is 3. The van der Waals surface area contributed by atoms with Crippen molar-refractivity contribution < 1.29 is 37.3 Å². The molecule has 1 atom stereocenters. The maximum Gasteiger partial charge on any atom is 0.422 e. The number of hydrogen-bond donors (Lipinski definition) is 1. The molecule has 5 nitrogen and oxygen atoms in total. The molecule has 116 valence electrons. The predicted octanol–water partition coefficient (Wildman–Crippen LogP) is 2.28. The first kappa shape index (κ1) is 16.7. The van der Waals surface area contributed by atoms with Crippen LogP contribution in [0.25, 0.3) is 0 Å². The number of ether oxygens (including phenoxy) is 2. The molecule has 0 aromatic carbocycles. The van der Waals surface area contributed by atoms with E-state index in [4.69, 9.17) is 4.74 Å². The molecule has 0 aromatic rings. The van der Waals surface area contributed by atoms with Crippen LogP contribution < -0.4 is 0 Å². The zero-order valence-corrected chi connectivity index (χ0v) is 11.2. The van der Waals surface area contributed by atoms with Gasteiger partial charge < -0.3 is 14.6 Å². The quantitative estimate of drug-likeness (QED) is 0.806. The highest BCUT2D eigenvalue weighted by molar-refractivity contribution is 5.84. The van der Waals surface area contributed by atoms with E-state index in [9.17, 15) is 27.9 Å². The summed E-state index contributed by atoms with van der Waals surface area (Å²) < 4.78 is 45.3. The van der Waals surface area contributed by atoms with Gasteiger partial charge in [-0.15, -0.1) is 0 Å². The van der Waals surface area contributed by atoms with E-state index >= 15 is 0 Å². The third-order valence-corrected chi connectivity index (χ3v) is 3.05. The smallest absolute Gasteiger partial charge is 0.422 e. The number of carbonyl (C=O) groups excluding carboxylic acids is 1. The van der Waals surface area contributed by atoms with Crippen LogP contribution in [0.3, 0.4) is 0 Å². The SMILES string of the molecule is CC1(C)CCCC(CC(=O)OCC(F)(F)F)(C(=O)O)O1. The second kappa shape index (κ2) is 5.59. The largest absolute Gasteiger partial charge is 0.479 e. The van der Waals surface area contributed by atoms with Crippen molar-refractivity contribution in [2.45, 2.75) is 56.9 Å². The highest BCUT2D eigenvalue weighted by atomic mass is 19.4. The minimum absolute atomic E-state index is 0.0624. The second-order valence-electron chi connectivity index (χ2n) is 5.47. The standard InChI is InChI=1S/C12H17F3O5/c1-10(2)4-3-5-11(20-10,9(17)18)6-8(16)19-7-12(13,14)15/h3-7H2,1-2H3,(H,17,18). The number of rotatable bonds is 4. The lowest BCUT2D eigenvalue weighted by Gasteiger charge is -2.42. The van der Waals surface area contributed by atoms with Gasteiger partial charge in [0.05, 0.1) is 12.0 Å². The van der Waals surface area contributed by atoms with Gasteiger partial charge in [-0.05, 0) is 33.1 Å². The first-order chi connectivity index (χ1) is 8.96. The molecule has 1 unspecified atom stereocenters. The molecule has 0 aromatic heterocycles. The minimum atomic E-state index is -4.64. The fraction of sp³-hybridized carbons (Fsp3) is 0.833. The first-order valence-corrected chi connectivity index (χ1v) is 6.12. The normalized spacial score (nSPS) is 26.1. The van der Waals surface area contributed by atoms with Gasteiger partial charge >= 0.3 is 18.1 Å². The van der Waals surface area contributed by atoms with E-state index in [0.29, 0.717) is 12.8 Å². The molecule has 0 saturated carbocycles. The molecule has 8 heteroatoms. The topological polar surface area (TPSA) is 72.8 Å². The maximum absolute atomic E-state index is 11.9. The molecule has 0 amide bonds. The van der Waals surface area contributed by atoms with Gasteiger partial charge in [0.15, 0.2) is 12.2 Å². The van der Waals surface area contributed by atoms with Gasteiger partial charge in [0.1, 0.15) is 0 Å². The predicted molar refractivity (Wildman–Crippen MR) is 61.0 cm³/mol. The summed E-state index contributed by atoms with van der Waals surface area (Å²) in [7, 11) is 0. The third-order valence-electron chi connectivity index (χ3n) is 3.05. The van der Waals surface area contributed by atoms with Crippen LogP contribution in [0.15, 0.2) is 0 Å². The molecule has 1 aliphatic heterocycles. The van der Waals surface area contributed by atoms with Gasteiger partial charge in [-0.25, -0.2) is 4.79 Å². The molecule has 1 aliphatic rings. The Bertz CT molecular complexity index is 391. The number of alkyl halides is 3. The highest BCUT2D eigenvalue weighted by Crippen LogP contribution is 2.38. The molecule has 1 rings (SSSR count). The summed E-state index contributed by atoms with van der Waals surface area (Å²) in [6, 6.07) is 0. The lowest BCUT2D eigenvalue weighted by molar-refractivity contribution is -0.213. The van der Waals surface area contributed by atoms with E-state index in [1.165, 1.54) is 0 Å². The van der Waals surface area contributed by atoms with Crippen LogP contribution in [-0.2, 0) is 19.1 Å². The Hall–Kier alpha value is -1.31. The Labute approximate surface area is 114 Å². The van der Waals surface area contributed by atoms with Crippen LogP contribution in [0.4, 0.5) is 13.2 Å².